The van der Waals surface area contributed by atoms with Gasteiger partial charge in [-0.15, -0.1) is 0 Å². The molecule has 0 saturated heterocycles. The second-order valence-corrected chi connectivity index (χ2v) is 4.09. The van der Waals surface area contributed by atoms with Gasteiger partial charge >= 0.3 is 5.97 Å². The largest absolute Gasteiger partial charge is 0.462 e. The summed E-state index contributed by atoms with van der Waals surface area (Å²) in [5.74, 6) is -0.294. The Morgan fingerprint density at radius 3 is 2.88 bits per heavy atom. The zero-order valence-electron chi connectivity index (χ0n) is 8.99. The van der Waals surface area contributed by atoms with Crippen molar-refractivity contribution in [3.8, 4) is 0 Å². The average Bonchev–Trinajstić information content (AvgIpc) is 2.22. The Labute approximate surface area is 93.6 Å². The van der Waals surface area contributed by atoms with E-state index in [9.17, 15) is 9.18 Å². The summed E-state index contributed by atoms with van der Waals surface area (Å²) in [4.78, 5) is 14.9. The molecule has 16 heavy (non-hydrogen) atoms. The van der Waals surface area contributed by atoms with E-state index in [1.54, 1.807) is 0 Å². The molecule has 2 rings (SSSR count). The minimum absolute atomic E-state index is 0.301. The third kappa shape index (κ3) is 2.78. The molecule has 86 valence electrons. The Hall–Kier alpha value is -1.45. The monoisotopic (exact) mass is 223 g/mol. The molecule has 0 bridgehead atoms. The zero-order chi connectivity index (χ0) is 11.4. The fourth-order valence-corrected chi connectivity index (χ4v) is 1.68. The quantitative estimate of drug-likeness (QED) is 0.581. The number of aromatic nitrogens is 1. The summed E-state index contributed by atoms with van der Waals surface area (Å²) in [6, 6.07) is 2.54. The lowest BCUT2D eigenvalue weighted by Crippen LogP contribution is -2.15. The maximum absolute atomic E-state index is 12.5. The maximum Gasteiger partial charge on any atom is 0.339 e. The third-order valence-electron chi connectivity index (χ3n) is 2.95. The second kappa shape index (κ2) is 5.05. The van der Waals surface area contributed by atoms with Gasteiger partial charge in [-0.1, -0.05) is 19.3 Å². The van der Waals surface area contributed by atoms with Crippen molar-refractivity contribution in [2.75, 3.05) is 6.61 Å². The van der Waals surface area contributed by atoms with Crippen molar-refractivity contribution < 1.29 is 13.9 Å². The van der Waals surface area contributed by atoms with E-state index < -0.39 is 11.9 Å². The molecule has 0 aliphatic heterocycles. The zero-order valence-corrected chi connectivity index (χ0v) is 8.99. The summed E-state index contributed by atoms with van der Waals surface area (Å²) < 4.78 is 17.6. The first-order valence-corrected chi connectivity index (χ1v) is 5.54. The molecule has 0 unspecified atom stereocenters. The highest BCUT2D eigenvalue weighted by Gasteiger charge is 2.17. The first-order valence-electron chi connectivity index (χ1n) is 5.54. The lowest BCUT2D eigenvalue weighted by atomic mass is 9.83. The number of nitrogens with zero attached hydrogens (tertiary/aromatic N) is 1. The summed E-state index contributed by atoms with van der Waals surface area (Å²) in [5, 5.41) is 0. The molecule has 1 aromatic rings. The fourth-order valence-electron chi connectivity index (χ4n) is 1.68. The fraction of sp³-hybridized carbons (Fsp3) is 0.500. The van der Waals surface area contributed by atoms with Gasteiger partial charge in [0, 0.05) is 6.20 Å². The van der Waals surface area contributed by atoms with E-state index in [2.05, 4.69) is 4.98 Å². The summed E-state index contributed by atoms with van der Waals surface area (Å²) >= 11 is 0. The number of carbonyl (C=O) groups is 1. The van der Waals surface area contributed by atoms with Crippen LogP contribution in [0.3, 0.4) is 0 Å². The van der Waals surface area contributed by atoms with Gasteiger partial charge in [0.2, 0.25) is 5.95 Å². The van der Waals surface area contributed by atoms with Crippen LogP contribution in [0.5, 0.6) is 0 Å². The summed E-state index contributed by atoms with van der Waals surface area (Å²) in [6.45, 7) is 0.445. The predicted molar refractivity (Wildman–Crippen MR) is 56.4 cm³/mol. The average molecular weight is 223 g/mol. The molecule has 1 aliphatic rings. The van der Waals surface area contributed by atoms with Crippen molar-refractivity contribution in [2.24, 2.45) is 5.92 Å². The number of halogens is 1. The smallest absolute Gasteiger partial charge is 0.339 e. The Morgan fingerprint density at radius 1 is 1.50 bits per heavy atom. The van der Waals surface area contributed by atoms with E-state index in [1.165, 1.54) is 31.5 Å². The molecule has 1 aromatic heterocycles. The van der Waals surface area contributed by atoms with Crippen LogP contribution in [-0.2, 0) is 4.74 Å². The van der Waals surface area contributed by atoms with Crippen LogP contribution in [0, 0.1) is 11.9 Å². The molecule has 3 nitrogen and oxygen atoms in total. The van der Waals surface area contributed by atoms with Gasteiger partial charge in [0.05, 0.1) is 12.2 Å². The van der Waals surface area contributed by atoms with Crippen molar-refractivity contribution in [1.82, 2.24) is 4.98 Å². The van der Waals surface area contributed by atoms with Gasteiger partial charge < -0.3 is 4.74 Å². The van der Waals surface area contributed by atoms with Gasteiger partial charge in [-0.25, -0.2) is 9.78 Å². The Balaban J connectivity index is 1.76. The molecule has 0 amide bonds. The molecular formula is C12H14FNO2. The van der Waals surface area contributed by atoms with Crippen LogP contribution in [-0.4, -0.2) is 17.6 Å². The van der Waals surface area contributed by atoms with Crippen molar-refractivity contribution >= 4 is 5.97 Å². The molecule has 0 N–H and O–H groups in total. The molecule has 0 radical (unpaired) electrons. The van der Waals surface area contributed by atoms with Crippen molar-refractivity contribution in [2.45, 2.75) is 25.7 Å². The standard InChI is InChI=1S/C12H14FNO2/c13-11-5-4-10(8-14-11)12(15)16-7-6-9-2-1-3-9/h4-5,8-9H,1-3,6-7H2. The molecule has 1 aliphatic carbocycles. The highest BCUT2D eigenvalue weighted by molar-refractivity contribution is 5.88. The summed E-state index contributed by atoms with van der Waals surface area (Å²) in [6.07, 6.45) is 5.91. The van der Waals surface area contributed by atoms with Gasteiger partial charge in [0.15, 0.2) is 0 Å². The number of esters is 1. The Bertz CT molecular complexity index is 360. The van der Waals surface area contributed by atoms with Crippen LogP contribution in [0.2, 0.25) is 0 Å². The Morgan fingerprint density at radius 2 is 2.31 bits per heavy atom. The number of ether oxygens (including phenoxy) is 1. The third-order valence-corrected chi connectivity index (χ3v) is 2.95. The van der Waals surface area contributed by atoms with Crippen molar-refractivity contribution in [3.63, 3.8) is 0 Å². The highest BCUT2D eigenvalue weighted by atomic mass is 19.1. The first-order chi connectivity index (χ1) is 7.75. The van der Waals surface area contributed by atoms with E-state index in [0.29, 0.717) is 12.2 Å². The van der Waals surface area contributed by atoms with Crippen LogP contribution < -0.4 is 0 Å². The first kappa shape index (κ1) is 11.0. The predicted octanol–water partition coefficient (Wildman–Crippen LogP) is 2.57. The SMILES string of the molecule is O=C(OCCC1CCC1)c1ccc(F)nc1. The molecule has 0 spiro atoms. The van der Waals surface area contributed by atoms with E-state index in [0.717, 1.165) is 18.4 Å². The number of hydrogen-bond acceptors (Lipinski definition) is 3. The number of rotatable bonds is 4. The number of carbonyl (C=O) groups excluding carboxylic acids is 1. The van der Waals surface area contributed by atoms with E-state index in [1.807, 2.05) is 0 Å². The number of pyridine rings is 1. The van der Waals surface area contributed by atoms with Crippen LogP contribution >= 0.6 is 0 Å². The molecular weight excluding hydrogens is 209 g/mol. The van der Waals surface area contributed by atoms with E-state index in [4.69, 9.17) is 4.74 Å². The van der Waals surface area contributed by atoms with Gasteiger partial charge in [0.25, 0.3) is 0 Å². The lowest BCUT2D eigenvalue weighted by Gasteiger charge is -2.24. The van der Waals surface area contributed by atoms with Crippen LogP contribution in [0.15, 0.2) is 18.3 Å². The lowest BCUT2D eigenvalue weighted by molar-refractivity contribution is 0.0463. The van der Waals surface area contributed by atoms with Crippen molar-refractivity contribution in [1.29, 1.82) is 0 Å². The highest BCUT2D eigenvalue weighted by Crippen LogP contribution is 2.29. The molecule has 0 atom stereocenters. The van der Waals surface area contributed by atoms with Gasteiger partial charge in [-0.3, -0.25) is 0 Å². The molecule has 1 fully saturated rings. The normalized spacial score (nSPS) is 15.6. The summed E-state index contributed by atoms with van der Waals surface area (Å²) in [5.41, 5.74) is 0.301. The van der Waals surface area contributed by atoms with Gasteiger partial charge in [0.1, 0.15) is 0 Å². The minimum atomic E-state index is -0.592. The summed E-state index contributed by atoms with van der Waals surface area (Å²) in [7, 11) is 0. The number of hydrogen-bond donors (Lipinski definition) is 0. The van der Waals surface area contributed by atoms with E-state index in [-0.39, 0.29) is 0 Å². The van der Waals surface area contributed by atoms with Crippen LogP contribution in [0.1, 0.15) is 36.0 Å². The van der Waals surface area contributed by atoms with Crippen LogP contribution in [0.4, 0.5) is 4.39 Å². The van der Waals surface area contributed by atoms with Crippen LogP contribution in [0.25, 0.3) is 0 Å². The molecule has 4 heteroatoms. The second-order valence-electron chi connectivity index (χ2n) is 4.09. The van der Waals surface area contributed by atoms with Crippen molar-refractivity contribution in [3.05, 3.63) is 29.8 Å². The van der Waals surface area contributed by atoms with Gasteiger partial charge in [-0.2, -0.15) is 4.39 Å². The maximum atomic E-state index is 12.5. The molecule has 0 aromatic carbocycles. The van der Waals surface area contributed by atoms with Gasteiger partial charge in [-0.05, 0) is 24.5 Å². The molecule has 1 saturated carbocycles. The van der Waals surface area contributed by atoms with E-state index >= 15 is 0 Å². The minimum Gasteiger partial charge on any atom is -0.462 e. The topological polar surface area (TPSA) is 39.2 Å². The Kier molecular flexibility index (Phi) is 3.49. The molecule has 1 heterocycles.